The van der Waals surface area contributed by atoms with E-state index in [9.17, 15) is 18.0 Å². The van der Waals surface area contributed by atoms with Crippen LogP contribution in [0.3, 0.4) is 0 Å². The van der Waals surface area contributed by atoms with E-state index in [4.69, 9.17) is 4.74 Å². The van der Waals surface area contributed by atoms with Crippen molar-refractivity contribution >= 4 is 11.6 Å². The number of aromatic nitrogens is 3. The summed E-state index contributed by atoms with van der Waals surface area (Å²) in [7, 11) is 1.36. The van der Waals surface area contributed by atoms with Gasteiger partial charge >= 0.3 is 6.18 Å². The Morgan fingerprint density at radius 2 is 2.00 bits per heavy atom. The maximum atomic E-state index is 12.5. The number of halogens is 3. The number of carbonyl (C=O) groups is 1. The average molecular weight is 298 g/mol. The highest BCUT2D eigenvalue weighted by atomic mass is 19.4. The Morgan fingerprint density at radius 3 is 2.67 bits per heavy atom. The number of pyridine rings is 1. The average Bonchev–Trinajstić information content (AvgIpc) is 2.46. The molecular formula is C12H9F3N4O2. The van der Waals surface area contributed by atoms with Gasteiger partial charge in [-0.1, -0.05) is 0 Å². The van der Waals surface area contributed by atoms with Crippen LogP contribution in [0, 0.1) is 0 Å². The first kappa shape index (κ1) is 14.7. The minimum Gasteiger partial charge on any atom is -0.481 e. The van der Waals surface area contributed by atoms with E-state index in [1.807, 2.05) is 0 Å². The fourth-order valence-corrected chi connectivity index (χ4v) is 1.43. The molecule has 0 radical (unpaired) electrons. The van der Waals surface area contributed by atoms with Gasteiger partial charge < -0.3 is 10.1 Å². The highest BCUT2D eigenvalue weighted by Gasteiger charge is 2.32. The van der Waals surface area contributed by atoms with E-state index >= 15 is 0 Å². The van der Waals surface area contributed by atoms with Crippen molar-refractivity contribution in [1.82, 2.24) is 15.0 Å². The number of ether oxygens (including phenoxy) is 1. The van der Waals surface area contributed by atoms with Gasteiger partial charge in [-0.05, 0) is 12.1 Å². The molecule has 6 nitrogen and oxygen atoms in total. The van der Waals surface area contributed by atoms with Gasteiger partial charge in [-0.2, -0.15) is 13.2 Å². The minimum absolute atomic E-state index is 0.0350. The lowest BCUT2D eigenvalue weighted by Gasteiger charge is -2.09. The molecule has 2 aromatic heterocycles. The van der Waals surface area contributed by atoms with Gasteiger partial charge in [0.2, 0.25) is 5.88 Å². The third-order valence-corrected chi connectivity index (χ3v) is 2.39. The molecule has 110 valence electrons. The Balaban J connectivity index is 2.19. The second-order valence-electron chi connectivity index (χ2n) is 3.83. The van der Waals surface area contributed by atoms with Crippen LogP contribution in [0.1, 0.15) is 16.2 Å². The molecule has 1 N–H and O–H groups in total. The molecule has 2 aromatic rings. The molecule has 21 heavy (non-hydrogen) atoms. The van der Waals surface area contributed by atoms with Crippen LogP contribution < -0.4 is 10.1 Å². The number of methoxy groups -OCH3 is 1. The summed E-state index contributed by atoms with van der Waals surface area (Å²) in [5, 5.41) is 2.30. The topological polar surface area (TPSA) is 77.0 Å². The zero-order valence-electron chi connectivity index (χ0n) is 10.7. The van der Waals surface area contributed by atoms with Crippen LogP contribution in [-0.2, 0) is 6.18 Å². The summed E-state index contributed by atoms with van der Waals surface area (Å²) in [5.41, 5.74) is -1.17. The molecule has 1 amide bonds. The molecule has 0 atom stereocenters. The van der Waals surface area contributed by atoms with Crippen LogP contribution in [0.25, 0.3) is 0 Å². The summed E-state index contributed by atoms with van der Waals surface area (Å²) >= 11 is 0. The van der Waals surface area contributed by atoms with E-state index in [-0.39, 0.29) is 17.3 Å². The lowest BCUT2D eigenvalue weighted by atomic mass is 10.3. The van der Waals surface area contributed by atoms with Crippen molar-refractivity contribution in [3.63, 3.8) is 0 Å². The Morgan fingerprint density at radius 1 is 1.24 bits per heavy atom. The van der Waals surface area contributed by atoms with Crippen molar-refractivity contribution in [2.45, 2.75) is 6.18 Å². The fraction of sp³-hybridized carbons (Fsp3) is 0.167. The number of nitrogens with zero attached hydrogens (tertiary/aromatic N) is 3. The first-order chi connectivity index (χ1) is 9.90. The summed E-state index contributed by atoms with van der Waals surface area (Å²) in [6.45, 7) is 0. The maximum Gasteiger partial charge on any atom is 0.433 e. The molecule has 0 fully saturated rings. The normalized spacial score (nSPS) is 11.0. The van der Waals surface area contributed by atoms with E-state index in [0.717, 1.165) is 18.6 Å². The van der Waals surface area contributed by atoms with Gasteiger partial charge in [0.05, 0.1) is 7.11 Å². The van der Waals surface area contributed by atoms with E-state index in [2.05, 4.69) is 20.3 Å². The smallest absolute Gasteiger partial charge is 0.433 e. The van der Waals surface area contributed by atoms with Crippen LogP contribution in [0.2, 0.25) is 0 Å². The van der Waals surface area contributed by atoms with Crippen LogP contribution >= 0.6 is 0 Å². The number of rotatable bonds is 3. The number of hydrogen-bond acceptors (Lipinski definition) is 5. The van der Waals surface area contributed by atoms with Crippen molar-refractivity contribution < 1.29 is 22.7 Å². The fourth-order valence-electron chi connectivity index (χ4n) is 1.43. The molecule has 0 spiro atoms. The van der Waals surface area contributed by atoms with Crippen molar-refractivity contribution in [3.05, 3.63) is 42.1 Å². The molecule has 0 saturated carbocycles. The summed E-state index contributed by atoms with van der Waals surface area (Å²) in [4.78, 5) is 22.5. The van der Waals surface area contributed by atoms with Crippen LogP contribution in [-0.4, -0.2) is 28.0 Å². The molecule has 0 aromatic carbocycles. The predicted molar refractivity (Wildman–Crippen MR) is 65.8 cm³/mol. The Hall–Kier alpha value is -2.71. The van der Waals surface area contributed by atoms with Crippen molar-refractivity contribution in [2.75, 3.05) is 12.4 Å². The monoisotopic (exact) mass is 298 g/mol. The summed E-state index contributed by atoms with van der Waals surface area (Å²) < 4.78 is 42.4. The van der Waals surface area contributed by atoms with E-state index in [1.165, 1.54) is 19.2 Å². The number of carbonyl (C=O) groups excluding carboxylic acids is 1. The van der Waals surface area contributed by atoms with E-state index in [1.54, 1.807) is 0 Å². The number of nitrogens with one attached hydrogen (secondary N) is 1. The van der Waals surface area contributed by atoms with Crippen molar-refractivity contribution in [2.24, 2.45) is 0 Å². The molecular weight excluding hydrogens is 289 g/mol. The number of alkyl halides is 3. The SMILES string of the molecule is COc1cc(C(=O)Nc2ccnc(C(F)(F)F)c2)ncn1. The third kappa shape index (κ3) is 3.65. The highest BCUT2D eigenvalue weighted by molar-refractivity contribution is 6.02. The first-order valence-corrected chi connectivity index (χ1v) is 5.61. The van der Waals surface area contributed by atoms with Crippen LogP contribution in [0.15, 0.2) is 30.7 Å². The number of hydrogen-bond donors (Lipinski definition) is 1. The first-order valence-electron chi connectivity index (χ1n) is 5.61. The van der Waals surface area contributed by atoms with Gasteiger partial charge in [-0.15, -0.1) is 0 Å². The Bertz CT molecular complexity index is 661. The zero-order chi connectivity index (χ0) is 15.5. The quantitative estimate of drug-likeness (QED) is 0.939. The molecule has 0 unspecified atom stereocenters. The number of amides is 1. The summed E-state index contributed by atoms with van der Waals surface area (Å²) in [5.74, 6) is -0.518. The standard InChI is InChI=1S/C12H9F3N4O2/c1-21-10-5-8(17-6-18-10)11(20)19-7-2-3-16-9(4-7)12(13,14)15/h2-6H,1H3,(H,16,19,20). The van der Waals surface area contributed by atoms with Crippen LogP contribution in [0.4, 0.5) is 18.9 Å². The highest BCUT2D eigenvalue weighted by Crippen LogP contribution is 2.28. The van der Waals surface area contributed by atoms with Crippen LogP contribution in [0.5, 0.6) is 5.88 Å². The molecule has 0 aliphatic carbocycles. The molecule has 0 saturated heterocycles. The molecule has 2 heterocycles. The van der Waals surface area contributed by atoms with E-state index in [0.29, 0.717) is 0 Å². The maximum absolute atomic E-state index is 12.5. The second-order valence-corrected chi connectivity index (χ2v) is 3.83. The Labute approximate surface area is 117 Å². The van der Waals surface area contributed by atoms with Gasteiger partial charge in [0, 0.05) is 18.0 Å². The lowest BCUT2D eigenvalue weighted by molar-refractivity contribution is -0.141. The summed E-state index contributed by atoms with van der Waals surface area (Å²) in [6, 6.07) is 3.24. The minimum atomic E-state index is -4.58. The lowest BCUT2D eigenvalue weighted by Crippen LogP contribution is -2.15. The van der Waals surface area contributed by atoms with Crippen molar-refractivity contribution in [1.29, 1.82) is 0 Å². The molecule has 0 bridgehead atoms. The van der Waals surface area contributed by atoms with Gasteiger partial charge in [0.1, 0.15) is 17.7 Å². The third-order valence-electron chi connectivity index (χ3n) is 2.39. The molecule has 9 heteroatoms. The van der Waals surface area contributed by atoms with Crippen molar-refractivity contribution in [3.8, 4) is 5.88 Å². The largest absolute Gasteiger partial charge is 0.481 e. The zero-order valence-corrected chi connectivity index (χ0v) is 10.7. The second kappa shape index (κ2) is 5.73. The molecule has 0 aliphatic rings. The molecule has 0 aliphatic heterocycles. The van der Waals surface area contributed by atoms with Gasteiger partial charge in [0.15, 0.2) is 0 Å². The van der Waals surface area contributed by atoms with Gasteiger partial charge in [-0.3, -0.25) is 9.78 Å². The summed E-state index contributed by atoms with van der Waals surface area (Å²) in [6.07, 6.45) is -2.51. The Kier molecular flexibility index (Phi) is 4.01. The number of anilines is 1. The van der Waals surface area contributed by atoms with Gasteiger partial charge in [0.25, 0.3) is 5.91 Å². The van der Waals surface area contributed by atoms with Gasteiger partial charge in [-0.25, -0.2) is 9.97 Å². The van der Waals surface area contributed by atoms with E-state index < -0.39 is 17.8 Å². The molecule has 2 rings (SSSR count). The predicted octanol–water partition coefficient (Wildman–Crippen LogP) is 2.15.